The highest BCUT2D eigenvalue weighted by atomic mass is 35.5. The van der Waals surface area contributed by atoms with Gasteiger partial charge in [-0.25, -0.2) is 4.39 Å². The van der Waals surface area contributed by atoms with Gasteiger partial charge in [-0.2, -0.15) is 0 Å². The third-order valence-electron chi connectivity index (χ3n) is 5.84. The van der Waals surface area contributed by atoms with Crippen LogP contribution in [0.15, 0.2) is 78.9 Å². The summed E-state index contributed by atoms with van der Waals surface area (Å²) in [6.45, 7) is 4.11. The number of hydrogen-bond acceptors (Lipinski definition) is 2. The lowest BCUT2D eigenvalue weighted by Crippen LogP contribution is -2.52. The van der Waals surface area contributed by atoms with Crippen LogP contribution in [0.1, 0.15) is 37.0 Å². The van der Waals surface area contributed by atoms with Crippen molar-refractivity contribution in [1.29, 1.82) is 0 Å². The summed E-state index contributed by atoms with van der Waals surface area (Å²) in [5, 5.41) is 3.54. The normalized spacial score (nSPS) is 12.6. The first-order chi connectivity index (χ1) is 16.4. The molecule has 0 aliphatic carbocycles. The van der Waals surface area contributed by atoms with Gasteiger partial charge >= 0.3 is 0 Å². The second-order valence-corrected chi connectivity index (χ2v) is 8.85. The quantitative estimate of drug-likeness (QED) is 0.412. The molecule has 2 amide bonds. The molecule has 0 heterocycles. The molecule has 3 aromatic carbocycles. The molecular weight excluding hydrogens is 451 g/mol. The van der Waals surface area contributed by atoms with E-state index in [0.29, 0.717) is 17.0 Å². The molecule has 4 nitrogen and oxygen atoms in total. The minimum absolute atomic E-state index is 0.0304. The number of hydrogen-bond donors (Lipinski definition) is 1. The Balaban J connectivity index is 1.97. The Morgan fingerprint density at radius 1 is 0.941 bits per heavy atom. The molecular formula is C28H30ClFN2O2. The van der Waals surface area contributed by atoms with Gasteiger partial charge in [0, 0.05) is 24.0 Å². The van der Waals surface area contributed by atoms with Gasteiger partial charge < -0.3 is 10.2 Å². The summed E-state index contributed by atoms with van der Waals surface area (Å²) >= 11 is 6.32. The van der Waals surface area contributed by atoms with Gasteiger partial charge in [-0.1, -0.05) is 79.2 Å². The van der Waals surface area contributed by atoms with Crippen molar-refractivity contribution in [1.82, 2.24) is 10.2 Å². The Kier molecular flexibility index (Phi) is 9.23. The summed E-state index contributed by atoms with van der Waals surface area (Å²) in [7, 11) is 0. The first-order valence-electron chi connectivity index (χ1n) is 11.5. The molecule has 1 N–H and O–H groups in total. The fourth-order valence-electron chi connectivity index (χ4n) is 3.69. The van der Waals surface area contributed by atoms with Gasteiger partial charge in [-0.05, 0) is 48.2 Å². The molecule has 34 heavy (non-hydrogen) atoms. The standard InChI is InChI=1S/C28H30ClFN2O2/c1-3-20(2)31-28(34)26(17-21-9-5-4-6-10-21)32(19-22-13-15-24(30)16-14-22)27(33)18-23-11-7-8-12-25(23)29/h4-16,20,26H,3,17-19H2,1-2H3,(H,31,34)/t20-,26+/m1/s1. The molecule has 2 atom stereocenters. The zero-order valence-corrected chi connectivity index (χ0v) is 20.3. The monoisotopic (exact) mass is 480 g/mol. The lowest BCUT2D eigenvalue weighted by Gasteiger charge is -2.32. The van der Waals surface area contributed by atoms with Gasteiger partial charge in [0.25, 0.3) is 0 Å². The number of nitrogens with zero attached hydrogens (tertiary/aromatic N) is 1. The molecule has 0 bridgehead atoms. The maximum absolute atomic E-state index is 13.6. The summed E-state index contributed by atoms with van der Waals surface area (Å²) < 4.78 is 13.5. The van der Waals surface area contributed by atoms with Crippen molar-refractivity contribution in [3.05, 3.63) is 106 Å². The van der Waals surface area contributed by atoms with Crippen molar-refractivity contribution in [2.45, 2.75) is 51.7 Å². The predicted octanol–water partition coefficient (Wildman–Crippen LogP) is 5.58. The topological polar surface area (TPSA) is 49.4 Å². The zero-order chi connectivity index (χ0) is 24.5. The second-order valence-electron chi connectivity index (χ2n) is 8.44. The number of benzene rings is 3. The number of rotatable bonds is 10. The van der Waals surface area contributed by atoms with Gasteiger partial charge in [-0.3, -0.25) is 9.59 Å². The average molecular weight is 481 g/mol. The number of carbonyl (C=O) groups excluding carboxylic acids is 2. The van der Waals surface area contributed by atoms with Crippen LogP contribution in [0.4, 0.5) is 4.39 Å². The molecule has 0 aromatic heterocycles. The van der Waals surface area contributed by atoms with Crippen molar-refractivity contribution in [2.75, 3.05) is 0 Å². The summed E-state index contributed by atoms with van der Waals surface area (Å²) in [5.41, 5.74) is 2.38. The molecule has 0 spiro atoms. The lowest BCUT2D eigenvalue weighted by molar-refractivity contribution is -0.141. The van der Waals surface area contributed by atoms with Crippen molar-refractivity contribution in [3.8, 4) is 0 Å². The highest BCUT2D eigenvalue weighted by molar-refractivity contribution is 6.31. The van der Waals surface area contributed by atoms with Crippen LogP contribution in [0.2, 0.25) is 5.02 Å². The molecule has 0 aliphatic heterocycles. The Labute approximate surface area is 205 Å². The van der Waals surface area contributed by atoms with E-state index in [4.69, 9.17) is 11.6 Å². The number of halogens is 2. The molecule has 0 saturated heterocycles. The van der Waals surface area contributed by atoms with E-state index in [1.54, 1.807) is 23.1 Å². The van der Waals surface area contributed by atoms with Gasteiger partial charge in [0.2, 0.25) is 11.8 Å². The Morgan fingerprint density at radius 3 is 2.24 bits per heavy atom. The summed E-state index contributed by atoms with van der Waals surface area (Å²) in [4.78, 5) is 28.7. The largest absolute Gasteiger partial charge is 0.352 e. The number of carbonyl (C=O) groups is 2. The van der Waals surface area contributed by atoms with E-state index in [1.165, 1.54) is 12.1 Å². The smallest absolute Gasteiger partial charge is 0.243 e. The molecule has 0 saturated carbocycles. The highest BCUT2D eigenvalue weighted by Crippen LogP contribution is 2.20. The van der Waals surface area contributed by atoms with Crippen molar-refractivity contribution >= 4 is 23.4 Å². The fraction of sp³-hybridized carbons (Fsp3) is 0.286. The third kappa shape index (κ3) is 7.16. The molecule has 0 fully saturated rings. The van der Waals surface area contributed by atoms with E-state index >= 15 is 0 Å². The van der Waals surface area contributed by atoms with Gasteiger partial charge in [-0.15, -0.1) is 0 Å². The molecule has 0 radical (unpaired) electrons. The molecule has 3 aromatic rings. The van der Waals surface area contributed by atoms with E-state index in [0.717, 1.165) is 17.5 Å². The van der Waals surface area contributed by atoms with E-state index in [2.05, 4.69) is 5.32 Å². The molecule has 0 aliphatic rings. The first kappa shape index (κ1) is 25.4. The molecule has 6 heteroatoms. The van der Waals surface area contributed by atoms with Gasteiger partial charge in [0.15, 0.2) is 0 Å². The van der Waals surface area contributed by atoms with E-state index in [9.17, 15) is 14.0 Å². The molecule has 0 unspecified atom stereocenters. The Morgan fingerprint density at radius 2 is 1.59 bits per heavy atom. The summed E-state index contributed by atoms with van der Waals surface area (Å²) in [5.74, 6) is -0.793. The van der Waals surface area contributed by atoms with Gasteiger partial charge in [0.1, 0.15) is 11.9 Å². The predicted molar refractivity (Wildman–Crippen MR) is 134 cm³/mol. The highest BCUT2D eigenvalue weighted by Gasteiger charge is 2.31. The van der Waals surface area contributed by atoms with Crippen molar-refractivity contribution < 1.29 is 14.0 Å². The Bertz CT molecular complexity index is 1090. The Hall–Kier alpha value is -3.18. The minimum Gasteiger partial charge on any atom is -0.352 e. The first-order valence-corrected chi connectivity index (χ1v) is 11.9. The van der Waals surface area contributed by atoms with Crippen LogP contribution in [0, 0.1) is 5.82 Å². The molecule has 3 rings (SSSR count). The van der Waals surface area contributed by atoms with E-state index in [-0.39, 0.29) is 36.6 Å². The van der Waals surface area contributed by atoms with E-state index < -0.39 is 6.04 Å². The zero-order valence-electron chi connectivity index (χ0n) is 19.5. The van der Waals surface area contributed by atoms with Crippen LogP contribution < -0.4 is 5.32 Å². The van der Waals surface area contributed by atoms with Crippen LogP contribution in [0.25, 0.3) is 0 Å². The lowest BCUT2D eigenvalue weighted by atomic mass is 10.0. The number of amides is 2. The summed E-state index contributed by atoms with van der Waals surface area (Å²) in [6, 6.07) is 22.0. The average Bonchev–Trinajstić information content (AvgIpc) is 2.84. The van der Waals surface area contributed by atoms with Crippen LogP contribution >= 0.6 is 11.6 Å². The second kappa shape index (κ2) is 12.3. The van der Waals surface area contributed by atoms with Gasteiger partial charge in [0.05, 0.1) is 6.42 Å². The SMILES string of the molecule is CC[C@@H](C)NC(=O)[C@H](Cc1ccccc1)N(Cc1ccc(F)cc1)C(=O)Cc1ccccc1Cl. The maximum Gasteiger partial charge on any atom is 0.243 e. The fourth-order valence-corrected chi connectivity index (χ4v) is 3.89. The minimum atomic E-state index is -0.739. The third-order valence-corrected chi connectivity index (χ3v) is 6.21. The van der Waals surface area contributed by atoms with Crippen LogP contribution in [-0.4, -0.2) is 28.8 Å². The van der Waals surface area contributed by atoms with Crippen LogP contribution in [-0.2, 0) is 29.0 Å². The maximum atomic E-state index is 13.6. The van der Waals surface area contributed by atoms with Crippen molar-refractivity contribution in [3.63, 3.8) is 0 Å². The summed E-state index contributed by atoms with van der Waals surface area (Å²) in [6.07, 6.45) is 1.19. The number of nitrogens with one attached hydrogen (secondary N) is 1. The molecule has 178 valence electrons. The van der Waals surface area contributed by atoms with Crippen molar-refractivity contribution in [2.24, 2.45) is 0 Å². The van der Waals surface area contributed by atoms with E-state index in [1.807, 2.05) is 62.4 Å². The van der Waals surface area contributed by atoms with Crippen LogP contribution in [0.5, 0.6) is 0 Å². The van der Waals surface area contributed by atoms with Crippen LogP contribution in [0.3, 0.4) is 0 Å².